The van der Waals surface area contributed by atoms with E-state index in [1.165, 1.54) is 6.21 Å². The third-order valence-corrected chi connectivity index (χ3v) is 6.69. The van der Waals surface area contributed by atoms with Gasteiger partial charge in [-0.05, 0) is 62.4 Å². The fourth-order valence-electron chi connectivity index (χ4n) is 4.17. The van der Waals surface area contributed by atoms with Crippen molar-refractivity contribution in [3.05, 3.63) is 53.1 Å². The van der Waals surface area contributed by atoms with Crippen molar-refractivity contribution in [3.8, 4) is 34.7 Å². The summed E-state index contributed by atoms with van der Waals surface area (Å²) < 4.78 is 38.6. The second-order valence-electron chi connectivity index (χ2n) is 8.66. The Bertz CT molecular complexity index is 1470. The number of carbonyl (C=O) groups is 1. The number of fused-ring (bicyclic) bond motifs is 1. The molecule has 0 radical (unpaired) electrons. The number of aliphatic carboxylic acids is 1. The van der Waals surface area contributed by atoms with E-state index in [1.54, 1.807) is 18.2 Å². The van der Waals surface area contributed by atoms with Crippen LogP contribution in [0.3, 0.4) is 0 Å². The van der Waals surface area contributed by atoms with Crippen LogP contribution < -0.4 is 4.74 Å². The molecular formula is C25H24N4O6S. The Morgan fingerprint density at radius 3 is 2.89 bits per heavy atom. The normalized spacial score (nSPS) is 15.6. The molecule has 1 atom stereocenters. The number of aromatic nitrogens is 2. The lowest BCUT2D eigenvalue weighted by Crippen LogP contribution is -2.16. The minimum absolute atomic E-state index is 0.0756. The summed E-state index contributed by atoms with van der Waals surface area (Å²) in [7, 11) is -4.09. The minimum atomic E-state index is -4.09. The number of sulfonamides is 1. The maximum absolute atomic E-state index is 11.9. The summed E-state index contributed by atoms with van der Waals surface area (Å²) in [6.45, 7) is 3.76. The molecule has 1 aliphatic carbocycles. The fourth-order valence-corrected chi connectivity index (χ4v) is 4.89. The molecule has 3 aromatic rings. The van der Waals surface area contributed by atoms with Gasteiger partial charge in [0.15, 0.2) is 5.75 Å². The Labute approximate surface area is 208 Å². The monoisotopic (exact) mass is 508 g/mol. The van der Waals surface area contributed by atoms with Gasteiger partial charge in [0.1, 0.15) is 11.8 Å². The van der Waals surface area contributed by atoms with Crippen LogP contribution in [0.15, 0.2) is 45.3 Å². The zero-order valence-corrected chi connectivity index (χ0v) is 20.5. The number of nitriles is 1. The Hall–Kier alpha value is -4.04. The van der Waals surface area contributed by atoms with E-state index in [9.17, 15) is 18.5 Å². The molecule has 0 bridgehead atoms. The summed E-state index contributed by atoms with van der Waals surface area (Å²) in [5.41, 5.74) is 3.55. The Morgan fingerprint density at radius 1 is 1.36 bits per heavy atom. The van der Waals surface area contributed by atoms with Gasteiger partial charge < -0.3 is 14.4 Å². The van der Waals surface area contributed by atoms with Gasteiger partial charge in [-0.15, -0.1) is 0 Å². The van der Waals surface area contributed by atoms with Gasteiger partial charge in [-0.2, -0.15) is 14.6 Å². The Balaban J connectivity index is 1.64. The molecule has 0 fully saturated rings. The summed E-state index contributed by atoms with van der Waals surface area (Å²) in [6.07, 6.45) is 3.44. The molecule has 2 aromatic carbocycles. The number of hydrogen-bond donors (Lipinski definition) is 1. The number of hydrogen-bond acceptors (Lipinski definition) is 8. The highest BCUT2D eigenvalue weighted by atomic mass is 32.2. The van der Waals surface area contributed by atoms with Crippen molar-refractivity contribution in [2.45, 2.75) is 45.1 Å². The van der Waals surface area contributed by atoms with Crippen LogP contribution >= 0.6 is 0 Å². The third-order valence-electron chi connectivity index (χ3n) is 5.64. The van der Waals surface area contributed by atoms with Crippen LogP contribution in [0.5, 0.6) is 5.75 Å². The van der Waals surface area contributed by atoms with E-state index >= 15 is 0 Å². The number of benzene rings is 2. The largest absolute Gasteiger partial charge is 0.490 e. The number of nitrogens with zero attached hydrogens (tertiary/aromatic N) is 4. The van der Waals surface area contributed by atoms with Gasteiger partial charge >= 0.3 is 5.97 Å². The maximum atomic E-state index is 11.9. The molecular weight excluding hydrogens is 484 g/mol. The molecule has 36 heavy (non-hydrogen) atoms. The van der Waals surface area contributed by atoms with Crippen LogP contribution in [-0.4, -0.2) is 47.7 Å². The minimum Gasteiger partial charge on any atom is -0.490 e. The van der Waals surface area contributed by atoms with Crippen molar-refractivity contribution >= 4 is 22.2 Å². The molecule has 0 amide bonds. The molecule has 4 rings (SSSR count). The summed E-state index contributed by atoms with van der Waals surface area (Å²) in [5, 5.41) is 22.4. The Morgan fingerprint density at radius 2 is 2.17 bits per heavy atom. The van der Waals surface area contributed by atoms with Crippen LogP contribution in [-0.2, 0) is 21.2 Å². The van der Waals surface area contributed by atoms with Crippen LogP contribution in [0, 0.1) is 11.3 Å². The molecule has 186 valence electrons. The van der Waals surface area contributed by atoms with Crippen LogP contribution in [0.25, 0.3) is 22.8 Å². The van der Waals surface area contributed by atoms with Crippen molar-refractivity contribution in [3.63, 3.8) is 0 Å². The summed E-state index contributed by atoms with van der Waals surface area (Å²) >= 11 is 0. The average molecular weight is 509 g/mol. The van der Waals surface area contributed by atoms with Crippen LogP contribution in [0.1, 0.15) is 49.3 Å². The van der Waals surface area contributed by atoms with Gasteiger partial charge in [0.25, 0.3) is 15.9 Å². The van der Waals surface area contributed by atoms with Gasteiger partial charge in [0.2, 0.25) is 5.82 Å². The van der Waals surface area contributed by atoms with Gasteiger partial charge in [0.05, 0.1) is 11.7 Å². The lowest BCUT2D eigenvalue weighted by Gasteiger charge is -2.24. The van der Waals surface area contributed by atoms with E-state index in [4.69, 9.17) is 14.4 Å². The molecule has 1 aromatic heterocycles. The van der Waals surface area contributed by atoms with Crippen molar-refractivity contribution in [2.24, 2.45) is 4.40 Å². The molecule has 0 saturated carbocycles. The van der Waals surface area contributed by atoms with E-state index in [-0.39, 0.29) is 17.9 Å². The number of carboxylic acids is 1. The average Bonchev–Trinajstić information content (AvgIpc) is 3.31. The first-order valence-corrected chi connectivity index (χ1v) is 12.9. The lowest BCUT2D eigenvalue weighted by atomic mass is 9.81. The van der Waals surface area contributed by atoms with Gasteiger partial charge in [-0.1, -0.05) is 23.4 Å². The van der Waals surface area contributed by atoms with E-state index in [0.717, 1.165) is 29.5 Å². The predicted octanol–water partition coefficient (Wildman–Crippen LogP) is 3.97. The zero-order valence-electron chi connectivity index (χ0n) is 19.7. The number of rotatable bonds is 8. The van der Waals surface area contributed by atoms with Crippen molar-refractivity contribution in [1.29, 1.82) is 5.26 Å². The maximum Gasteiger partial charge on any atom is 0.320 e. The predicted molar refractivity (Wildman–Crippen MR) is 131 cm³/mol. The van der Waals surface area contributed by atoms with Crippen molar-refractivity contribution < 1.29 is 27.6 Å². The van der Waals surface area contributed by atoms with Crippen molar-refractivity contribution in [2.75, 3.05) is 5.75 Å². The molecule has 1 aliphatic rings. The highest BCUT2D eigenvalue weighted by Gasteiger charge is 2.25. The zero-order chi connectivity index (χ0) is 25.9. The second-order valence-corrected chi connectivity index (χ2v) is 10.3. The fraction of sp³-hybridized carbons (Fsp3) is 0.320. The molecule has 0 spiro atoms. The molecule has 11 heteroatoms. The first-order chi connectivity index (χ1) is 17.2. The smallest absolute Gasteiger partial charge is 0.320 e. The Kier molecular flexibility index (Phi) is 7.17. The molecule has 0 saturated heterocycles. The lowest BCUT2D eigenvalue weighted by molar-refractivity contribution is -0.134. The topological polar surface area (TPSA) is 156 Å². The third kappa shape index (κ3) is 5.60. The highest BCUT2D eigenvalue weighted by molar-refractivity contribution is 7.90. The van der Waals surface area contributed by atoms with E-state index < -0.39 is 21.7 Å². The second kappa shape index (κ2) is 10.3. The van der Waals surface area contributed by atoms with Crippen LogP contribution in [0.2, 0.25) is 0 Å². The summed E-state index contributed by atoms with van der Waals surface area (Å²) in [6, 6.07) is 12.8. The molecule has 10 nitrogen and oxygen atoms in total. The SMILES string of the molecule is CC(C)Oc1ccc(-c2nc(-c3cccc4c3CCCC4/C=N/S(=O)(=O)CC(=O)O)no2)cc1C#N. The molecule has 1 heterocycles. The molecule has 1 unspecified atom stereocenters. The van der Waals surface area contributed by atoms with Gasteiger partial charge in [0, 0.05) is 23.3 Å². The van der Waals surface area contributed by atoms with Crippen LogP contribution in [0.4, 0.5) is 0 Å². The standard InChI is InChI=1S/C25H24N4O6S/c1-15(2)34-22-10-9-16(11-18(22)12-26)25-28-24(29-35-25)21-8-4-6-19-17(5-3-7-20(19)21)13-27-36(32,33)14-23(30)31/h4,6,8-11,13,15,17H,3,5,7,14H2,1-2H3,(H,30,31)/b27-13+. The quantitative estimate of drug-likeness (QED) is 0.445. The summed E-state index contributed by atoms with van der Waals surface area (Å²) in [5.74, 6) is -1.67. The molecule has 1 N–H and O–H groups in total. The molecule has 0 aliphatic heterocycles. The van der Waals surface area contributed by atoms with Crippen molar-refractivity contribution in [1.82, 2.24) is 10.1 Å². The van der Waals surface area contributed by atoms with E-state index in [0.29, 0.717) is 29.1 Å². The first kappa shape index (κ1) is 25.1. The first-order valence-electron chi connectivity index (χ1n) is 11.3. The number of ether oxygens (including phenoxy) is 1. The number of carboxylic acid groups (broad SMARTS) is 1. The van der Waals surface area contributed by atoms with E-state index in [1.807, 2.05) is 32.0 Å². The van der Waals surface area contributed by atoms with E-state index in [2.05, 4.69) is 20.6 Å². The van der Waals surface area contributed by atoms with Gasteiger partial charge in [-0.3, -0.25) is 4.79 Å². The highest BCUT2D eigenvalue weighted by Crippen LogP contribution is 2.37. The summed E-state index contributed by atoms with van der Waals surface area (Å²) in [4.78, 5) is 15.3. The van der Waals surface area contributed by atoms with Gasteiger partial charge in [-0.25, -0.2) is 8.42 Å².